The lowest BCUT2D eigenvalue weighted by molar-refractivity contribution is -0.143. The highest BCUT2D eigenvalue weighted by atomic mass is 35.5. The van der Waals surface area contributed by atoms with Gasteiger partial charge in [-0.05, 0) is 43.2 Å². The van der Waals surface area contributed by atoms with E-state index in [1.165, 1.54) is 4.90 Å². The van der Waals surface area contributed by atoms with E-state index in [0.717, 1.165) is 32.1 Å². The molecule has 6 atom stereocenters. The number of amides is 3. The molecule has 1 aliphatic carbocycles. The molecule has 2 N–H and O–H groups in total. The minimum absolute atomic E-state index is 0.0362. The smallest absolute Gasteiger partial charge is 0.246 e. The Bertz CT molecular complexity index is 1440. The lowest BCUT2D eigenvalue weighted by Crippen LogP contribution is -2.58. The van der Waals surface area contributed by atoms with Crippen LogP contribution in [0.1, 0.15) is 32.1 Å². The summed E-state index contributed by atoms with van der Waals surface area (Å²) in [4.78, 5) is 43.6. The van der Waals surface area contributed by atoms with Crippen molar-refractivity contribution in [1.29, 1.82) is 0 Å². The summed E-state index contributed by atoms with van der Waals surface area (Å²) in [6.07, 6.45) is 7.47. The first-order valence-electron chi connectivity index (χ1n) is 14.5. The molecule has 4 heterocycles. The summed E-state index contributed by atoms with van der Waals surface area (Å²) in [5.74, 6) is -1.52. The number of fused-ring (bicyclic) bond motifs is 2. The van der Waals surface area contributed by atoms with Gasteiger partial charge in [0.05, 0.1) is 24.5 Å². The SMILES string of the molecule is O=C(Nc1cc(Cl)cc(Cl)c1)[C@H]1[C@H]2C=C[C@]3(O2)[C@H](C(=O)NC2CCCCC2)N(C[C@@H]2COc4ccccc4O2)C(=O)[C@@H]13. The van der Waals surface area contributed by atoms with Crippen LogP contribution in [0.4, 0.5) is 5.69 Å². The average Bonchev–Trinajstić information content (AvgIpc) is 3.60. The van der Waals surface area contributed by atoms with Gasteiger partial charge in [-0.2, -0.15) is 0 Å². The Kier molecular flexibility index (Phi) is 7.07. The van der Waals surface area contributed by atoms with Gasteiger partial charge in [-0.1, -0.05) is 66.7 Å². The molecule has 2 aromatic rings. The molecule has 5 aliphatic rings. The topological polar surface area (TPSA) is 106 Å². The molecule has 4 aliphatic heterocycles. The van der Waals surface area contributed by atoms with Crippen molar-refractivity contribution in [2.45, 2.75) is 62.0 Å². The molecule has 2 bridgehead atoms. The third-order valence-electron chi connectivity index (χ3n) is 8.97. The van der Waals surface area contributed by atoms with Gasteiger partial charge in [0.15, 0.2) is 17.6 Å². The van der Waals surface area contributed by atoms with Crippen molar-refractivity contribution < 1.29 is 28.6 Å². The number of halogens is 2. The largest absolute Gasteiger partial charge is 0.486 e. The Morgan fingerprint density at radius 2 is 1.74 bits per heavy atom. The first-order chi connectivity index (χ1) is 20.3. The van der Waals surface area contributed by atoms with Crippen molar-refractivity contribution in [2.75, 3.05) is 18.5 Å². The first-order valence-corrected chi connectivity index (χ1v) is 15.2. The molecule has 9 nitrogen and oxygen atoms in total. The highest BCUT2D eigenvalue weighted by Crippen LogP contribution is 2.55. The summed E-state index contributed by atoms with van der Waals surface area (Å²) in [7, 11) is 0. The van der Waals surface area contributed by atoms with E-state index < -0.39 is 41.6 Å². The third-order valence-corrected chi connectivity index (χ3v) is 9.41. The van der Waals surface area contributed by atoms with Crippen LogP contribution < -0.4 is 20.1 Å². The van der Waals surface area contributed by atoms with Crippen LogP contribution in [0.2, 0.25) is 10.0 Å². The minimum atomic E-state index is -1.28. The molecule has 0 radical (unpaired) electrons. The number of carbonyl (C=O) groups excluding carboxylic acids is 3. The highest BCUT2D eigenvalue weighted by Gasteiger charge is 2.73. The third kappa shape index (κ3) is 4.71. The maximum absolute atomic E-state index is 14.3. The monoisotopic (exact) mass is 611 g/mol. The normalized spacial score (nSPS) is 31.2. The van der Waals surface area contributed by atoms with Crippen molar-refractivity contribution in [3.8, 4) is 11.5 Å². The zero-order valence-electron chi connectivity index (χ0n) is 22.8. The number of anilines is 1. The molecule has 2 aromatic carbocycles. The number of likely N-dealkylation sites (tertiary alicyclic amines) is 1. The van der Waals surface area contributed by atoms with Gasteiger partial charge in [-0.25, -0.2) is 0 Å². The number of nitrogens with one attached hydrogen (secondary N) is 2. The van der Waals surface area contributed by atoms with Gasteiger partial charge in [-0.15, -0.1) is 0 Å². The Morgan fingerprint density at radius 1 is 1.00 bits per heavy atom. The summed E-state index contributed by atoms with van der Waals surface area (Å²) in [5, 5.41) is 6.81. The lowest BCUT2D eigenvalue weighted by Gasteiger charge is -2.36. The van der Waals surface area contributed by atoms with E-state index in [1.54, 1.807) is 30.4 Å². The van der Waals surface area contributed by atoms with E-state index in [4.69, 9.17) is 37.4 Å². The van der Waals surface area contributed by atoms with Crippen LogP contribution in [0.15, 0.2) is 54.6 Å². The Hall–Kier alpha value is -3.27. The zero-order chi connectivity index (χ0) is 29.0. The van der Waals surface area contributed by atoms with Gasteiger partial charge in [0.1, 0.15) is 18.2 Å². The second kappa shape index (κ2) is 10.8. The fourth-order valence-electron chi connectivity index (χ4n) is 7.21. The van der Waals surface area contributed by atoms with E-state index in [9.17, 15) is 14.4 Å². The van der Waals surface area contributed by atoms with Gasteiger partial charge in [0.25, 0.3) is 0 Å². The summed E-state index contributed by atoms with van der Waals surface area (Å²) >= 11 is 12.3. The predicted molar refractivity (Wildman–Crippen MR) is 156 cm³/mol. The van der Waals surface area contributed by atoms with Crippen LogP contribution in [-0.2, 0) is 19.1 Å². The van der Waals surface area contributed by atoms with Gasteiger partial charge in [-0.3, -0.25) is 14.4 Å². The number of nitrogens with zero attached hydrogens (tertiary/aromatic N) is 1. The molecule has 3 fully saturated rings. The predicted octanol–water partition coefficient (Wildman–Crippen LogP) is 4.37. The molecule has 11 heteroatoms. The fourth-order valence-corrected chi connectivity index (χ4v) is 7.74. The Balaban J connectivity index is 1.19. The van der Waals surface area contributed by atoms with E-state index >= 15 is 0 Å². The molecule has 1 saturated carbocycles. The van der Waals surface area contributed by atoms with Gasteiger partial charge in [0.2, 0.25) is 17.7 Å². The minimum Gasteiger partial charge on any atom is -0.486 e. The molecule has 7 rings (SSSR count). The number of para-hydroxylation sites is 2. The van der Waals surface area contributed by atoms with E-state index in [1.807, 2.05) is 24.3 Å². The zero-order valence-corrected chi connectivity index (χ0v) is 24.3. The van der Waals surface area contributed by atoms with Gasteiger partial charge >= 0.3 is 0 Å². The Labute approximate surface area is 253 Å². The lowest BCUT2D eigenvalue weighted by atomic mass is 9.74. The molecule has 3 amide bonds. The molecule has 0 aromatic heterocycles. The highest BCUT2D eigenvalue weighted by molar-refractivity contribution is 6.35. The second-order valence-corrected chi connectivity index (χ2v) is 12.6. The standard InChI is InChI=1S/C31H31Cl2N3O6/c32-17-12-18(33)14-20(13-17)35-28(37)25-24-10-11-31(42-24)26(25)30(39)36(27(31)29(38)34-19-6-2-1-3-7-19)15-21-16-40-22-8-4-5-9-23(22)41-21/h4-5,8-14,19,21,24-27H,1-3,6-7,15-16H2,(H,34,38)(H,35,37)/t21-,24-,25+,26-,27+,31-/m1/s1. The summed E-state index contributed by atoms with van der Waals surface area (Å²) in [6.45, 7) is 0.322. The molecule has 2 saturated heterocycles. The summed E-state index contributed by atoms with van der Waals surface area (Å²) < 4.78 is 18.5. The Morgan fingerprint density at radius 3 is 2.50 bits per heavy atom. The van der Waals surface area contributed by atoms with Crippen molar-refractivity contribution in [3.63, 3.8) is 0 Å². The van der Waals surface area contributed by atoms with Crippen LogP contribution in [0.3, 0.4) is 0 Å². The van der Waals surface area contributed by atoms with Crippen molar-refractivity contribution in [2.24, 2.45) is 11.8 Å². The van der Waals surface area contributed by atoms with Crippen LogP contribution in [0.5, 0.6) is 11.5 Å². The number of hydrogen-bond donors (Lipinski definition) is 2. The number of benzene rings is 2. The summed E-state index contributed by atoms with van der Waals surface area (Å²) in [5.41, 5.74) is -0.860. The van der Waals surface area contributed by atoms with Gasteiger partial charge < -0.3 is 29.7 Å². The average molecular weight is 613 g/mol. The first kappa shape index (κ1) is 27.6. The van der Waals surface area contributed by atoms with Crippen LogP contribution >= 0.6 is 23.2 Å². The maximum Gasteiger partial charge on any atom is 0.246 e. The van der Waals surface area contributed by atoms with Crippen LogP contribution in [-0.4, -0.2) is 65.7 Å². The molecule has 42 heavy (non-hydrogen) atoms. The van der Waals surface area contributed by atoms with Crippen molar-refractivity contribution >= 4 is 46.6 Å². The van der Waals surface area contributed by atoms with Crippen molar-refractivity contribution in [1.82, 2.24) is 10.2 Å². The maximum atomic E-state index is 14.3. The number of rotatable bonds is 6. The second-order valence-electron chi connectivity index (χ2n) is 11.7. The molecule has 0 unspecified atom stereocenters. The van der Waals surface area contributed by atoms with Gasteiger partial charge in [0, 0.05) is 21.8 Å². The fraction of sp³-hybridized carbons (Fsp3) is 0.452. The number of ether oxygens (including phenoxy) is 3. The van der Waals surface area contributed by atoms with Crippen LogP contribution in [0, 0.1) is 11.8 Å². The molecular weight excluding hydrogens is 581 g/mol. The quantitative estimate of drug-likeness (QED) is 0.470. The molecule has 220 valence electrons. The van der Waals surface area contributed by atoms with Crippen LogP contribution in [0.25, 0.3) is 0 Å². The van der Waals surface area contributed by atoms with E-state index in [0.29, 0.717) is 27.2 Å². The van der Waals surface area contributed by atoms with E-state index in [2.05, 4.69) is 10.6 Å². The summed E-state index contributed by atoms with van der Waals surface area (Å²) in [6, 6.07) is 11.2. The van der Waals surface area contributed by atoms with E-state index in [-0.39, 0.29) is 31.0 Å². The number of hydrogen-bond acceptors (Lipinski definition) is 6. The van der Waals surface area contributed by atoms with Crippen molar-refractivity contribution in [3.05, 3.63) is 64.7 Å². The molecular formula is C31H31Cl2N3O6. The molecule has 1 spiro atoms. The number of carbonyl (C=O) groups is 3.